The summed E-state index contributed by atoms with van der Waals surface area (Å²) in [5.74, 6) is -0.0382. The Hall–Kier alpha value is -2.63. The number of aryl methyl sites for hydroxylation is 3. The van der Waals surface area contributed by atoms with Crippen molar-refractivity contribution < 1.29 is 4.79 Å². The van der Waals surface area contributed by atoms with Crippen molar-refractivity contribution in [2.24, 2.45) is 7.05 Å². The number of amides is 1. The first-order chi connectivity index (χ1) is 10.7. The summed E-state index contributed by atoms with van der Waals surface area (Å²) in [6.07, 6.45) is 2.65. The molecule has 22 heavy (non-hydrogen) atoms. The molecule has 6 heteroatoms. The highest BCUT2D eigenvalue weighted by molar-refractivity contribution is 5.94. The van der Waals surface area contributed by atoms with Crippen LogP contribution in [-0.4, -0.2) is 32.0 Å². The van der Waals surface area contributed by atoms with Crippen molar-refractivity contribution in [1.29, 1.82) is 0 Å². The van der Waals surface area contributed by atoms with Gasteiger partial charge in [-0.3, -0.25) is 14.2 Å². The van der Waals surface area contributed by atoms with E-state index < -0.39 is 0 Å². The lowest BCUT2D eigenvalue weighted by atomic mass is 10.2. The smallest absolute Gasteiger partial charge is 0.251 e. The van der Waals surface area contributed by atoms with Crippen molar-refractivity contribution in [3.05, 3.63) is 47.8 Å². The number of hydrogen-bond acceptors (Lipinski definition) is 3. The van der Waals surface area contributed by atoms with Crippen molar-refractivity contribution >= 4 is 16.9 Å². The average Bonchev–Trinajstić information content (AvgIpc) is 3.07. The van der Waals surface area contributed by atoms with Crippen LogP contribution in [0.2, 0.25) is 0 Å². The topological polar surface area (TPSA) is 64.7 Å². The van der Waals surface area contributed by atoms with Gasteiger partial charge in [-0.15, -0.1) is 0 Å². The summed E-state index contributed by atoms with van der Waals surface area (Å²) in [6, 6.07) is 9.24. The molecule has 114 valence electrons. The Balaban J connectivity index is 1.56. The third-order valence-electron chi connectivity index (χ3n) is 3.68. The van der Waals surface area contributed by atoms with Gasteiger partial charge >= 0.3 is 0 Å². The molecule has 0 unspecified atom stereocenters. The molecule has 0 aliphatic heterocycles. The van der Waals surface area contributed by atoms with E-state index in [0.29, 0.717) is 12.1 Å². The van der Waals surface area contributed by atoms with E-state index in [1.165, 1.54) is 0 Å². The number of benzene rings is 1. The number of nitrogens with one attached hydrogen (secondary N) is 1. The second-order valence-electron chi connectivity index (χ2n) is 5.29. The zero-order valence-corrected chi connectivity index (χ0v) is 12.8. The SMILES string of the molecule is Cc1nn(C)c2cnn(CCCNC(=O)c3ccccc3)c12. The normalized spacial score (nSPS) is 11.0. The maximum Gasteiger partial charge on any atom is 0.251 e. The highest BCUT2D eigenvalue weighted by Gasteiger charge is 2.11. The third-order valence-corrected chi connectivity index (χ3v) is 3.68. The van der Waals surface area contributed by atoms with Gasteiger partial charge in [-0.25, -0.2) is 0 Å². The van der Waals surface area contributed by atoms with E-state index in [0.717, 1.165) is 29.7 Å². The lowest BCUT2D eigenvalue weighted by molar-refractivity contribution is 0.0952. The summed E-state index contributed by atoms with van der Waals surface area (Å²) in [6.45, 7) is 3.36. The number of carbonyl (C=O) groups excluding carboxylic acids is 1. The molecular formula is C16H19N5O. The van der Waals surface area contributed by atoms with E-state index >= 15 is 0 Å². The van der Waals surface area contributed by atoms with Crippen molar-refractivity contribution in [2.45, 2.75) is 19.9 Å². The highest BCUT2D eigenvalue weighted by Crippen LogP contribution is 2.16. The standard InChI is InChI=1S/C16H19N5O/c1-12-15-14(20(2)19-12)11-18-21(15)10-6-9-17-16(22)13-7-4-3-5-8-13/h3-5,7-8,11H,6,9-10H2,1-2H3,(H,17,22). The van der Waals surface area contributed by atoms with Crippen LogP contribution in [0, 0.1) is 6.92 Å². The first-order valence-electron chi connectivity index (χ1n) is 7.35. The first-order valence-corrected chi connectivity index (χ1v) is 7.35. The Kier molecular flexibility index (Phi) is 3.91. The zero-order chi connectivity index (χ0) is 15.5. The Morgan fingerprint density at radius 3 is 2.82 bits per heavy atom. The van der Waals surface area contributed by atoms with E-state index in [2.05, 4.69) is 15.5 Å². The molecule has 2 aromatic heterocycles. The first kappa shape index (κ1) is 14.3. The minimum atomic E-state index is -0.0382. The summed E-state index contributed by atoms with van der Waals surface area (Å²) >= 11 is 0. The summed E-state index contributed by atoms with van der Waals surface area (Å²) in [4.78, 5) is 11.9. The molecule has 0 saturated carbocycles. The van der Waals surface area contributed by atoms with Gasteiger partial charge in [0.05, 0.1) is 11.9 Å². The van der Waals surface area contributed by atoms with E-state index in [-0.39, 0.29) is 5.91 Å². The molecule has 3 rings (SSSR count). The van der Waals surface area contributed by atoms with Gasteiger partial charge in [0, 0.05) is 25.7 Å². The maximum absolute atomic E-state index is 11.9. The number of carbonyl (C=O) groups is 1. The van der Waals surface area contributed by atoms with Gasteiger partial charge in [0.1, 0.15) is 11.0 Å². The van der Waals surface area contributed by atoms with E-state index in [1.807, 2.05) is 59.9 Å². The molecule has 1 aromatic carbocycles. The Morgan fingerprint density at radius 1 is 1.27 bits per heavy atom. The van der Waals surface area contributed by atoms with Crippen molar-refractivity contribution in [2.75, 3.05) is 6.54 Å². The second kappa shape index (κ2) is 6.01. The Morgan fingerprint density at radius 2 is 2.05 bits per heavy atom. The Bertz CT molecular complexity index is 788. The van der Waals surface area contributed by atoms with Gasteiger partial charge in [-0.1, -0.05) is 18.2 Å². The van der Waals surface area contributed by atoms with Crippen LogP contribution in [0.25, 0.3) is 11.0 Å². The van der Waals surface area contributed by atoms with E-state index in [1.54, 1.807) is 0 Å². The molecule has 1 amide bonds. The van der Waals surface area contributed by atoms with Crippen LogP contribution in [0.5, 0.6) is 0 Å². The molecule has 1 N–H and O–H groups in total. The molecule has 0 aliphatic carbocycles. The number of rotatable bonds is 5. The van der Waals surface area contributed by atoms with Crippen LogP contribution < -0.4 is 5.32 Å². The van der Waals surface area contributed by atoms with E-state index in [4.69, 9.17) is 0 Å². The minimum Gasteiger partial charge on any atom is -0.352 e. The Labute approximate surface area is 128 Å². The predicted molar refractivity (Wildman–Crippen MR) is 84.6 cm³/mol. The average molecular weight is 297 g/mol. The fraction of sp³-hybridized carbons (Fsp3) is 0.312. The molecule has 0 atom stereocenters. The fourth-order valence-electron chi connectivity index (χ4n) is 2.60. The molecule has 0 fully saturated rings. The van der Waals surface area contributed by atoms with Crippen molar-refractivity contribution in [3.63, 3.8) is 0 Å². The molecule has 0 saturated heterocycles. The monoisotopic (exact) mass is 297 g/mol. The second-order valence-corrected chi connectivity index (χ2v) is 5.29. The molecule has 6 nitrogen and oxygen atoms in total. The summed E-state index contributed by atoms with van der Waals surface area (Å²) in [5, 5.41) is 11.7. The molecule has 3 aromatic rings. The van der Waals surface area contributed by atoms with Crippen LogP contribution in [0.3, 0.4) is 0 Å². The quantitative estimate of drug-likeness (QED) is 0.732. The lowest BCUT2D eigenvalue weighted by Crippen LogP contribution is -2.25. The molecular weight excluding hydrogens is 278 g/mol. The van der Waals surface area contributed by atoms with E-state index in [9.17, 15) is 4.79 Å². The van der Waals surface area contributed by atoms with Crippen LogP contribution in [0.1, 0.15) is 22.5 Å². The van der Waals surface area contributed by atoms with Crippen LogP contribution >= 0.6 is 0 Å². The molecule has 0 radical (unpaired) electrons. The third kappa shape index (κ3) is 2.72. The van der Waals surface area contributed by atoms with Gasteiger partial charge in [-0.2, -0.15) is 10.2 Å². The molecule has 0 bridgehead atoms. The van der Waals surface area contributed by atoms with Crippen LogP contribution in [-0.2, 0) is 13.6 Å². The van der Waals surface area contributed by atoms with Crippen LogP contribution in [0.4, 0.5) is 0 Å². The zero-order valence-electron chi connectivity index (χ0n) is 12.8. The number of aromatic nitrogens is 4. The fourth-order valence-corrected chi connectivity index (χ4v) is 2.60. The minimum absolute atomic E-state index is 0.0382. The van der Waals surface area contributed by atoms with Crippen molar-refractivity contribution in [3.8, 4) is 0 Å². The molecule has 0 spiro atoms. The van der Waals surface area contributed by atoms with Crippen molar-refractivity contribution in [1.82, 2.24) is 24.9 Å². The van der Waals surface area contributed by atoms with Gasteiger partial charge < -0.3 is 5.32 Å². The number of hydrogen-bond donors (Lipinski definition) is 1. The van der Waals surface area contributed by atoms with Gasteiger partial charge in [0.25, 0.3) is 5.91 Å². The van der Waals surface area contributed by atoms with Gasteiger partial charge in [-0.05, 0) is 25.5 Å². The maximum atomic E-state index is 11.9. The van der Waals surface area contributed by atoms with Gasteiger partial charge in [0.2, 0.25) is 0 Å². The molecule has 2 heterocycles. The summed E-state index contributed by atoms with van der Waals surface area (Å²) in [7, 11) is 1.92. The summed E-state index contributed by atoms with van der Waals surface area (Å²) < 4.78 is 3.79. The number of nitrogens with zero attached hydrogens (tertiary/aromatic N) is 4. The molecule has 0 aliphatic rings. The largest absolute Gasteiger partial charge is 0.352 e. The highest BCUT2D eigenvalue weighted by atomic mass is 16.1. The summed E-state index contributed by atoms with van der Waals surface area (Å²) in [5.41, 5.74) is 3.76. The lowest BCUT2D eigenvalue weighted by Gasteiger charge is -2.06. The van der Waals surface area contributed by atoms with Crippen LogP contribution in [0.15, 0.2) is 36.5 Å². The predicted octanol–water partition coefficient (Wildman–Crippen LogP) is 1.90. The van der Waals surface area contributed by atoms with Gasteiger partial charge in [0.15, 0.2) is 0 Å². The number of fused-ring (bicyclic) bond motifs is 1.